The fourth-order valence-electron chi connectivity index (χ4n) is 3.05. The number of nitrogens with zero attached hydrogens (tertiary/aromatic N) is 1. The van der Waals surface area contributed by atoms with Crippen LogP contribution in [0.2, 0.25) is 5.02 Å². The van der Waals surface area contributed by atoms with Gasteiger partial charge in [0.15, 0.2) is 11.5 Å². The largest absolute Gasteiger partial charge is 0.506 e. The number of hydrogen-bond acceptors (Lipinski definition) is 4. The molecular formula is C27H22ClNO3. The van der Waals surface area contributed by atoms with Gasteiger partial charge < -0.3 is 14.6 Å². The summed E-state index contributed by atoms with van der Waals surface area (Å²) in [5, 5.41) is 10.5. The van der Waals surface area contributed by atoms with E-state index in [0.717, 1.165) is 16.7 Å². The van der Waals surface area contributed by atoms with Crippen molar-refractivity contribution in [2.75, 3.05) is 0 Å². The maximum Gasteiger partial charge on any atom is 0.162 e. The third kappa shape index (κ3) is 5.90. The van der Waals surface area contributed by atoms with Crippen LogP contribution in [0.15, 0.2) is 102 Å². The molecule has 160 valence electrons. The van der Waals surface area contributed by atoms with Crippen molar-refractivity contribution in [2.24, 2.45) is 4.99 Å². The Morgan fingerprint density at radius 3 is 2.00 bits per heavy atom. The summed E-state index contributed by atoms with van der Waals surface area (Å²) < 4.78 is 12.1. The molecule has 0 aliphatic carbocycles. The normalized spacial score (nSPS) is 10.9. The minimum Gasteiger partial charge on any atom is -0.506 e. The molecule has 0 radical (unpaired) electrons. The van der Waals surface area contributed by atoms with Crippen molar-refractivity contribution in [3.8, 4) is 17.2 Å². The maximum absolute atomic E-state index is 9.98. The summed E-state index contributed by atoms with van der Waals surface area (Å²) in [4.78, 5) is 4.36. The molecule has 0 fully saturated rings. The molecule has 4 nitrogen and oxygen atoms in total. The van der Waals surface area contributed by atoms with Gasteiger partial charge in [-0.3, -0.25) is 4.99 Å². The van der Waals surface area contributed by atoms with Crippen molar-refractivity contribution in [1.29, 1.82) is 0 Å². The van der Waals surface area contributed by atoms with Crippen LogP contribution in [0.25, 0.3) is 0 Å². The van der Waals surface area contributed by atoms with Crippen molar-refractivity contribution in [3.05, 3.63) is 119 Å². The lowest BCUT2D eigenvalue weighted by Crippen LogP contribution is -2.01. The van der Waals surface area contributed by atoms with Crippen molar-refractivity contribution >= 4 is 23.5 Å². The van der Waals surface area contributed by atoms with Crippen LogP contribution in [0.5, 0.6) is 17.2 Å². The van der Waals surface area contributed by atoms with E-state index < -0.39 is 0 Å². The van der Waals surface area contributed by atoms with Crippen LogP contribution in [0, 0.1) is 0 Å². The molecular weight excluding hydrogens is 422 g/mol. The highest BCUT2D eigenvalue weighted by atomic mass is 35.5. The fourth-order valence-corrected chi connectivity index (χ4v) is 3.22. The Labute approximate surface area is 192 Å². The van der Waals surface area contributed by atoms with Crippen molar-refractivity contribution in [1.82, 2.24) is 0 Å². The van der Waals surface area contributed by atoms with Gasteiger partial charge in [0, 0.05) is 11.2 Å². The Bertz CT molecular complexity index is 1190. The average molecular weight is 444 g/mol. The summed E-state index contributed by atoms with van der Waals surface area (Å²) in [6, 6.07) is 30.3. The average Bonchev–Trinajstić information content (AvgIpc) is 2.84. The highest BCUT2D eigenvalue weighted by molar-refractivity contribution is 6.30. The van der Waals surface area contributed by atoms with Gasteiger partial charge in [-0.05, 0) is 53.1 Å². The van der Waals surface area contributed by atoms with E-state index in [1.807, 2.05) is 78.9 Å². The van der Waals surface area contributed by atoms with Gasteiger partial charge in [-0.1, -0.05) is 72.3 Å². The second-order valence-electron chi connectivity index (χ2n) is 7.15. The van der Waals surface area contributed by atoms with Gasteiger partial charge >= 0.3 is 0 Å². The first-order valence-electron chi connectivity index (χ1n) is 10.2. The van der Waals surface area contributed by atoms with E-state index in [2.05, 4.69) is 4.99 Å². The highest BCUT2D eigenvalue weighted by Gasteiger charge is 2.08. The zero-order chi connectivity index (χ0) is 22.2. The molecule has 32 heavy (non-hydrogen) atoms. The van der Waals surface area contributed by atoms with Crippen molar-refractivity contribution in [2.45, 2.75) is 13.2 Å². The number of hydrogen-bond donors (Lipinski definition) is 1. The number of halogens is 1. The fraction of sp³-hybridized carbons (Fsp3) is 0.0741. The molecule has 0 spiro atoms. The van der Waals surface area contributed by atoms with E-state index in [-0.39, 0.29) is 5.75 Å². The van der Waals surface area contributed by atoms with Crippen LogP contribution in [0.3, 0.4) is 0 Å². The molecule has 0 amide bonds. The zero-order valence-corrected chi connectivity index (χ0v) is 18.1. The first-order valence-corrected chi connectivity index (χ1v) is 10.6. The van der Waals surface area contributed by atoms with E-state index in [0.29, 0.717) is 35.4 Å². The number of aliphatic imine (C=N–C) groups is 1. The number of rotatable bonds is 8. The van der Waals surface area contributed by atoms with Crippen LogP contribution in [0.1, 0.15) is 16.7 Å². The molecule has 4 aromatic rings. The van der Waals surface area contributed by atoms with Crippen molar-refractivity contribution < 1.29 is 14.6 Å². The van der Waals surface area contributed by atoms with Gasteiger partial charge in [0.05, 0.1) is 0 Å². The predicted octanol–water partition coefficient (Wildman–Crippen LogP) is 6.95. The molecule has 0 bridgehead atoms. The van der Waals surface area contributed by atoms with Crippen molar-refractivity contribution in [3.63, 3.8) is 0 Å². The van der Waals surface area contributed by atoms with E-state index in [1.165, 1.54) is 6.07 Å². The molecule has 5 heteroatoms. The lowest BCUT2D eigenvalue weighted by Gasteiger charge is -2.14. The van der Waals surface area contributed by atoms with Gasteiger partial charge in [-0.15, -0.1) is 0 Å². The number of phenols is 1. The van der Waals surface area contributed by atoms with E-state index >= 15 is 0 Å². The third-order valence-corrected chi connectivity index (χ3v) is 4.97. The molecule has 1 N–H and O–H groups in total. The molecule has 0 aliphatic heterocycles. The zero-order valence-electron chi connectivity index (χ0n) is 17.3. The number of ether oxygens (including phenoxy) is 2. The Balaban J connectivity index is 1.56. The molecule has 4 rings (SSSR count). The van der Waals surface area contributed by atoms with Crippen LogP contribution in [0.4, 0.5) is 5.69 Å². The molecule has 0 saturated carbocycles. The Morgan fingerprint density at radius 1 is 0.719 bits per heavy atom. The van der Waals surface area contributed by atoms with Crippen LogP contribution < -0.4 is 9.47 Å². The smallest absolute Gasteiger partial charge is 0.162 e. The minimum atomic E-state index is 0.0639. The van der Waals surface area contributed by atoms with Crippen LogP contribution >= 0.6 is 11.6 Å². The maximum atomic E-state index is 9.98. The predicted molar refractivity (Wildman–Crippen MR) is 128 cm³/mol. The molecule has 0 heterocycles. The van der Waals surface area contributed by atoms with Gasteiger partial charge in [0.1, 0.15) is 24.7 Å². The van der Waals surface area contributed by atoms with E-state index in [4.69, 9.17) is 21.1 Å². The SMILES string of the molecule is Oc1ccc(Cl)cc1N=Cc1ccc(OCc2ccccc2)c(OCc2ccccc2)c1. The Hall–Kier alpha value is -3.76. The highest BCUT2D eigenvalue weighted by Crippen LogP contribution is 2.31. The standard InChI is InChI=1S/C27H22ClNO3/c28-23-12-13-25(30)24(16-23)29-17-22-11-14-26(31-18-20-7-3-1-4-8-20)27(15-22)32-19-21-9-5-2-6-10-21/h1-17,30H,18-19H2. The molecule has 0 atom stereocenters. The lowest BCUT2D eigenvalue weighted by atomic mass is 10.2. The summed E-state index contributed by atoms with van der Waals surface area (Å²) >= 11 is 6.01. The molecule has 0 saturated heterocycles. The molecule has 0 aromatic heterocycles. The summed E-state index contributed by atoms with van der Waals surface area (Å²) in [6.07, 6.45) is 1.65. The minimum absolute atomic E-state index is 0.0639. The quantitative estimate of drug-likeness (QED) is 0.299. The first-order chi connectivity index (χ1) is 15.7. The molecule has 0 unspecified atom stereocenters. The molecule has 0 aliphatic rings. The number of aromatic hydroxyl groups is 1. The second kappa shape index (κ2) is 10.5. The Kier molecular flexibility index (Phi) is 7.05. The second-order valence-corrected chi connectivity index (χ2v) is 7.58. The summed E-state index contributed by atoms with van der Waals surface area (Å²) in [7, 11) is 0. The van der Waals surface area contributed by atoms with Crippen LogP contribution in [-0.2, 0) is 13.2 Å². The van der Waals surface area contributed by atoms with E-state index in [9.17, 15) is 5.11 Å². The first kappa shape index (κ1) is 21.5. The Morgan fingerprint density at radius 2 is 1.34 bits per heavy atom. The number of benzene rings is 4. The summed E-state index contributed by atoms with van der Waals surface area (Å²) in [6.45, 7) is 0.852. The lowest BCUT2D eigenvalue weighted by molar-refractivity contribution is 0.256. The monoisotopic (exact) mass is 443 g/mol. The summed E-state index contributed by atoms with van der Waals surface area (Å²) in [5.74, 6) is 1.32. The molecule has 4 aromatic carbocycles. The van der Waals surface area contributed by atoms with Gasteiger partial charge in [0.2, 0.25) is 0 Å². The summed E-state index contributed by atoms with van der Waals surface area (Å²) in [5.41, 5.74) is 3.33. The topological polar surface area (TPSA) is 51.1 Å². The van der Waals surface area contributed by atoms with Gasteiger partial charge in [-0.25, -0.2) is 0 Å². The van der Waals surface area contributed by atoms with Crippen LogP contribution in [-0.4, -0.2) is 11.3 Å². The van der Waals surface area contributed by atoms with Gasteiger partial charge in [-0.2, -0.15) is 0 Å². The number of phenolic OH excluding ortho intramolecular Hbond substituents is 1. The third-order valence-electron chi connectivity index (χ3n) is 4.73. The van der Waals surface area contributed by atoms with Gasteiger partial charge in [0.25, 0.3) is 0 Å². The van der Waals surface area contributed by atoms with E-state index in [1.54, 1.807) is 18.3 Å².